The van der Waals surface area contributed by atoms with Crippen molar-refractivity contribution in [3.05, 3.63) is 58.9 Å². The Kier molecular flexibility index (Phi) is 4.25. The first-order valence-electron chi connectivity index (χ1n) is 5.92. The number of ether oxygens (including phenoxy) is 1. The Bertz CT molecular complexity index is 644. The van der Waals surface area contributed by atoms with Gasteiger partial charge in [0.05, 0.1) is 11.3 Å². The van der Waals surface area contributed by atoms with Gasteiger partial charge in [-0.05, 0) is 30.3 Å². The van der Waals surface area contributed by atoms with Crippen molar-refractivity contribution in [3.8, 4) is 5.75 Å². The molecule has 0 heterocycles. The summed E-state index contributed by atoms with van der Waals surface area (Å²) in [5, 5.41) is 0.246. The van der Waals surface area contributed by atoms with Gasteiger partial charge >= 0.3 is 5.97 Å². The van der Waals surface area contributed by atoms with Crippen LogP contribution in [0.25, 0.3) is 0 Å². The van der Waals surface area contributed by atoms with E-state index in [0.717, 1.165) is 6.07 Å². The molecule has 0 saturated heterocycles. The number of carbonyl (C=O) groups is 1. The third-order valence-electron chi connectivity index (χ3n) is 2.70. The van der Waals surface area contributed by atoms with Crippen LogP contribution in [0.5, 0.6) is 5.75 Å². The maximum atomic E-state index is 13.6. The molecule has 0 saturated carbocycles. The molecule has 0 aliphatic heterocycles. The van der Waals surface area contributed by atoms with Crippen molar-refractivity contribution in [1.82, 2.24) is 0 Å². The Balaban J connectivity index is 2.29. The molecule has 5 heteroatoms. The molecule has 0 aromatic heterocycles. The molecule has 20 heavy (non-hydrogen) atoms. The van der Waals surface area contributed by atoms with E-state index < -0.39 is 11.8 Å². The lowest BCUT2D eigenvalue weighted by Gasteiger charge is -2.16. The zero-order valence-corrected chi connectivity index (χ0v) is 11.8. The van der Waals surface area contributed by atoms with Crippen molar-refractivity contribution >= 4 is 23.3 Å². The van der Waals surface area contributed by atoms with Crippen molar-refractivity contribution in [2.24, 2.45) is 0 Å². The smallest absolute Gasteiger partial charge is 0.345 e. The highest BCUT2D eigenvalue weighted by molar-refractivity contribution is 6.30. The van der Waals surface area contributed by atoms with Gasteiger partial charge in [-0.3, -0.25) is 0 Å². The molecule has 2 aromatic carbocycles. The number of benzene rings is 2. The molecule has 0 radical (unpaired) electrons. The van der Waals surface area contributed by atoms with Crippen molar-refractivity contribution in [1.29, 1.82) is 0 Å². The summed E-state index contributed by atoms with van der Waals surface area (Å²) >= 11 is 5.65. The first kappa shape index (κ1) is 14.3. The van der Waals surface area contributed by atoms with E-state index in [1.807, 2.05) is 20.2 Å². The molecule has 0 amide bonds. The van der Waals surface area contributed by atoms with Gasteiger partial charge in [0.1, 0.15) is 0 Å². The van der Waals surface area contributed by atoms with Gasteiger partial charge in [-0.15, -0.1) is 0 Å². The number of para-hydroxylation sites is 1. The highest BCUT2D eigenvalue weighted by Crippen LogP contribution is 2.24. The number of anilines is 1. The van der Waals surface area contributed by atoms with E-state index in [0.29, 0.717) is 11.3 Å². The summed E-state index contributed by atoms with van der Waals surface area (Å²) in [6.07, 6.45) is 0. The van der Waals surface area contributed by atoms with Crippen LogP contribution in [-0.4, -0.2) is 20.1 Å². The Morgan fingerprint density at radius 1 is 1.20 bits per heavy atom. The van der Waals surface area contributed by atoms with Crippen LogP contribution >= 0.6 is 11.6 Å². The molecule has 104 valence electrons. The summed E-state index contributed by atoms with van der Waals surface area (Å²) in [5.74, 6) is -1.43. The first-order chi connectivity index (χ1) is 9.49. The molecule has 0 aliphatic rings. The average molecular weight is 294 g/mol. The zero-order chi connectivity index (χ0) is 14.7. The van der Waals surface area contributed by atoms with Crippen molar-refractivity contribution in [3.63, 3.8) is 0 Å². The standard InChI is InChI=1S/C15H13ClFNO2/c1-18(2)13-6-4-3-5-11(13)15(19)20-14-8-7-10(16)9-12(14)17/h3-9H,1-2H3. The van der Waals surface area contributed by atoms with Gasteiger partial charge in [0.25, 0.3) is 0 Å². The SMILES string of the molecule is CN(C)c1ccccc1C(=O)Oc1ccc(Cl)cc1F. The third-order valence-corrected chi connectivity index (χ3v) is 2.94. The molecule has 0 fully saturated rings. The van der Waals surface area contributed by atoms with E-state index in [2.05, 4.69) is 0 Å². The van der Waals surface area contributed by atoms with Gasteiger partial charge in [-0.2, -0.15) is 0 Å². The van der Waals surface area contributed by atoms with Crippen LogP contribution in [0.3, 0.4) is 0 Å². The summed E-state index contributed by atoms with van der Waals surface area (Å²) in [5.41, 5.74) is 1.07. The van der Waals surface area contributed by atoms with Crippen molar-refractivity contribution < 1.29 is 13.9 Å². The molecule has 0 aliphatic carbocycles. The number of halogens is 2. The first-order valence-corrected chi connectivity index (χ1v) is 6.30. The van der Waals surface area contributed by atoms with Crippen LogP contribution in [0.1, 0.15) is 10.4 Å². The highest BCUT2D eigenvalue weighted by atomic mass is 35.5. The fourth-order valence-corrected chi connectivity index (χ4v) is 1.91. The quantitative estimate of drug-likeness (QED) is 0.637. The van der Waals surface area contributed by atoms with Gasteiger partial charge in [0.2, 0.25) is 0 Å². The van der Waals surface area contributed by atoms with Gasteiger partial charge in [-0.1, -0.05) is 23.7 Å². The fourth-order valence-electron chi connectivity index (χ4n) is 1.75. The Morgan fingerprint density at radius 3 is 2.55 bits per heavy atom. The van der Waals surface area contributed by atoms with E-state index in [-0.39, 0.29) is 10.8 Å². The summed E-state index contributed by atoms with van der Waals surface area (Å²) < 4.78 is 18.7. The van der Waals surface area contributed by atoms with E-state index in [9.17, 15) is 9.18 Å². The Morgan fingerprint density at radius 2 is 1.90 bits per heavy atom. The van der Waals surface area contributed by atoms with Crippen LogP contribution in [0.2, 0.25) is 5.02 Å². The Labute approximate surface area is 121 Å². The predicted octanol–water partition coefficient (Wildman–Crippen LogP) is 3.76. The lowest BCUT2D eigenvalue weighted by atomic mass is 10.1. The van der Waals surface area contributed by atoms with Crippen molar-refractivity contribution in [2.75, 3.05) is 19.0 Å². The van der Waals surface area contributed by atoms with Crippen LogP contribution in [-0.2, 0) is 0 Å². The molecule has 0 N–H and O–H groups in total. The second-order valence-corrected chi connectivity index (χ2v) is 4.81. The van der Waals surface area contributed by atoms with Crippen LogP contribution in [0.4, 0.5) is 10.1 Å². The third kappa shape index (κ3) is 3.08. The highest BCUT2D eigenvalue weighted by Gasteiger charge is 2.16. The minimum atomic E-state index is -0.673. The van der Waals surface area contributed by atoms with E-state index >= 15 is 0 Å². The maximum Gasteiger partial charge on any atom is 0.345 e. The molecule has 2 aromatic rings. The van der Waals surface area contributed by atoms with Crippen LogP contribution in [0, 0.1) is 5.82 Å². The van der Waals surface area contributed by atoms with E-state index in [1.54, 1.807) is 23.1 Å². The van der Waals surface area contributed by atoms with E-state index in [4.69, 9.17) is 16.3 Å². The molecule has 0 atom stereocenters. The van der Waals surface area contributed by atoms with Gasteiger partial charge in [0.15, 0.2) is 11.6 Å². The van der Waals surface area contributed by atoms with Crippen molar-refractivity contribution in [2.45, 2.75) is 0 Å². The van der Waals surface area contributed by atoms with Crippen LogP contribution in [0.15, 0.2) is 42.5 Å². The Hall–Kier alpha value is -2.07. The zero-order valence-electron chi connectivity index (χ0n) is 11.1. The number of hydrogen-bond acceptors (Lipinski definition) is 3. The molecular weight excluding hydrogens is 281 g/mol. The predicted molar refractivity (Wildman–Crippen MR) is 77.1 cm³/mol. The number of nitrogens with zero attached hydrogens (tertiary/aromatic N) is 1. The van der Waals surface area contributed by atoms with Gasteiger partial charge in [-0.25, -0.2) is 9.18 Å². The monoisotopic (exact) mass is 293 g/mol. The van der Waals surface area contributed by atoms with Gasteiger partial charge in [0, 0.05) is 19.1 Å². The molecule has 3 nitrogen and oxygen atoms in total. The second kappa shape index (κ2) is 5.92. The minimum Gasteiger partial charge on any atom is -0.420 e. The van der Waals surface area contributed by atoms with Crippen LogP contribution < -0.4 is 9.64 Å². The largest absolute Gasteiger partial charge is 0.420 e. The molecule has 0 unspecified atom stereocenters. The molecule has 0 bridgehead atoms. The second-order valence-electron chi connectivity index (χ2n) is 4.38. The summed E-state index contributed by atoms with van der Waals surface area (Å²) in [6, 6.07) is 10.8. The maximum absolute atomic E-state index is 13.6. The number of carbonyl (C=O) groups excluding carboxylic acids is 1. The molecule has 0 spiro atoms. The fraction of sp³-hybridized carbons (Fsp3) is 0.133. The number of rotatable bonds is 3. The molecular formula is C15H13ClFNO2. The summed E-state index contributed by atoms with van der Waals surface area (Å²) in [6.45, 7) is 0. The van der Waals surface area contributed by atoms with Gasteiger partial charge < -0.3 is 9.64 Å². The van der Waals surface area contributed by atoms with E-state index in [1.165, 1.54) is 12.1 Å². The normalized spacial score (nSPS) is 10.2. The summed E-state index contributed by atoms with van der Waals surface area (Å²) in [7, 11) is 3.63. The topological polar surface area (TPSA) is 29.5 Å². The molecule has 2 rings (SSSR count). The summed E-state index contributed by atoms with van der Waals surface area (Å²) in [4.78, 5) is 13.9. The lowest BCUT2D eigenvalue weighted by Crippen LogP contribution is -2.17. The number of hydrogen-bond donors (Lipinski definition) is 0. The average Bonchev–Trinajstić information content (AvgIpc) is 2.41. The lowest BCUT2D eigenvalue weighted by molar-refractivity contribution is 0.0728. The minimum absolute atomic E-state index is 0.145. The number of esters is 1.